The smallest absolute Gasteiger partial charge is 0.0887 e. The number of fused-ring (bicyclic) bond motifs is 1. The molecule has 0 N–H and O–H groups in total. The Labute approximate surface area is 60.3 Å². The Kier molecular flexibility index (Phi) is 1.40. The molecule has 0 bridgehead atoms. The van der Waals surface area contributed by atoms with Crippen LogP contribution in [0.1, 0.15) is 0 Å². The van der Waals surface area contributed by atoms with Crippen molar-refractivity contribution in [2.24, 2.45) is 4.99 Å². The van der Waals surface area contributed by atoms with Gasteiger partial charge < -0.3 is 0 Å². The molecular formula is C8H9N2. The predicted molar refractivity (Wildman–Crippen MR) is 41.4 cm³/mol. The van der Waals surface area contributed by atoms with Crippen molar-refractivity contribution < 1.29 is 0 Å². The fourth-order valence-corrected chi connectivity index (χ4v) is 1.23. The molecule has 2 aliphatic rings. The Hall–Kier alpha value is -0.890. The van der Waals surface area contributed by atoms with E-state index in [2.05, 4.69) is 22.5 Å². The van der Waals surface area contributed by atoms with Crippen LogP contribution in [-0.2, 0) is 0 Å². The van der Waals surface area contributed by atoms with E-state index >= 15 is 0 Å². The largest absolute Gasteiger partial charge is 0.284 e. The van der Waals surface area contributed by atoms with Gasteiger partial charge in [0.15, 0.2) is 0 Å². The highest BCUT2D eigenvalue weighted by atomic mass is 14.9. The number of nitrogens with zero attached hydrogens (tertiary/aromatic N) is 2. The van der Waals surface area contributed by atoms with E-state index in [0.717, 1.165) is 13.1 Å². The standard InChI is InChI=1S/C8H9N2/c1-2-7-3-5-9-6-8(7)10-4-1/h1-4,8H,5-6H2. The van der Waals surface area contributed by atoms with Crippen LogP contribution in [-0.4, -0.2) is 25.3 Å². The molecule has 51 valence electrons. The predicted octanol–water partition coefficient (Wildman–Crippen LogP) is 0.540. The first kappa shape index (κ1) is 5.86. The van der Waals surface area contributed by atoms with Crippen molar-refractivity contribution in [3.8, 4) is 0 Å². The van der Waals surface area contributed by atoms with Crippen LogP contribution in [0.5, 0.6) is 0 Å². The Morgan fingerprint density at radius 3 is 3.40 bits per heavy atom. The van der Waals surface area contributed by atoms with Crippen molar-refractivity contribution in [3.63, 3.8) is 0 Å². The number of allylic oxidation sites excluding steroid dienone is 1. The quantitative estimate of drug-likeness (QED) is 0.461. The lowest BCUT2D eigenvalue weighted by atomic mass is 10.0. The van der Waals surface area contributed by atoms with E-state index in [1.807, 2.05) is 12.3 Å². The van der Waals surface area contributed by atoms with Crippen LogP contribution in [0.3, 0.4) is 0 Å². The third kappa shape index (κ3) is 0.907. The minimum absolute atomic E-state index is 0.332. The number of dihydropyridines is 1. The average molecular weight is 133 g/mol. The molecule has 1 atom stereocenters. The van der Waals surface area contributed by atoms with Crippen LogP contribution in [0.25, 0.3) is 0 Å². The van der Waals surface area contributed by atoms with Crippen molar-refractivity contribution in [1.29, 1.82) is 0 Å². The molecule has 1 unspecified atom stereocenters. The van der Waals surface area contributed by atoms with Gasteiger partial charge in [0.05, 0.1) is 6.04 Å². The maximum atomic E-state index is 4.28. The lowest BCUT2D eigenvalue weighted by Gasteiger charge is -2.19. The van der Waals surface area contributed by atoms with Crippen molar-refractivity contribution in [2.45, 2.75) is 6.04 Å². The van der Waals surface area contributed by atoms with Crippen LogP contribution < -0.4 is 5.32 Å². The van der Waals surface area contributed by atoms with Crippen molar-refractivity contribution in [3.05, 3.63) is 23.8 Å². The first-order valence-electron chi connectivity index (χ1n) is 3.50. The molecule has 0 aliphatic carbocycles. The molecular weight excluding hydrogens is 124 g/mol. The molecule has 2 aliphatic heterocycles. The summed E-state index contributed by atoms with van der Waals surface area (Å²) >= 11 is 0. The third-order valence-corrected chi connectivity index (χ3v) is 1.78. The van der Waals surface area contributed by atoms with Gasteiger partial charge in [0.25, 0.3) is 0 Å². The van der Waals surface area contributed by atoms with Gasteiger partial charge in [-0.3, -0.25) is 4.99 Å². The molecule has 2 rings (SSSR count). The highest BCUT2D eigenvalue weighted by Gasteiger charge is 2.15. The number of hydrogen-bond donors (Lipinski definition) is 0. The minimum atomic E-state index is 0.332. The van der Waals surface area contributed by atoms with Gasteiger partial charge in [0.1, 0.15) is 0 Å². The van der Waals surface area contributed by atoms with Gasteiger partial charge in [-0.2, -0.15) is 0 Å². The maximum absolute atomic E-state index is 4.28. The topological polar surface area (TPSA) is 26.5 Å². The van der Waals surface area contributed by atoms with Gasteiger partial charge in [-0.25, -0.2) is 5.32 Å². The molecule has 0 aromatic heterocycles. The molecule has 1 radical (unpaired) electrons. The van der Waals surface area contributed by atoms with Crippen LogP contribution in [0, 0.1) is 0 Å². The summed E-state index contributed by atoms with van der Waals surface area (Å²) in [6, 6.07) is 0.332. The summed E-state index contributed by atoms with van der Waals surface area (Å²) in [6.07, 6.45) is 8.09. The van der Waals surface area contributed by atoms with Gasteiger partial charge in [-0.1, -0.05) is 12.2 Å². The van der Waals surface area contributed by atoms with E-state index in [4.69, 9.17) is 0 Å². The summed E-state index contributed by atoms with van der Waals surface area (Å²) in [4.78, 5) is 4.28. The zero-order valence-corrected chi connectivity index (χ0v) is 5.70. The van der Waals surface area contributed by atoms with Gasteiger partial charge in [0.2, 0.25) is 0 Å². The molecule has 0 amide bonds. The lowest BCUT2D eigenvalue weighted by Crippen LogP contribution is -2.27. The molecule has 2 nitrogen and oxygen atoms in total. The Balaban J connectivity index is 2.27. The lowest BCUT2D eigenvalue weighted by molar-refractivity contribution is 0.626. The fraction of sp³-hybridized carbons (Fsp3) is 0.375. The normalized spacial score (nSPS) is 29.6. The second-order valence-electron chi connectivity index (χ2n) is 2.47. The summed E-state index contributed by atoms with van der Waals surface area (Å²) in [5.74, 6) is 0. The third-order valence-electron chi connectivity index (χ3n) is 1.78. The molecule has 0 aromatic rings. The molecule has 0 spiro atoms. The second-order valence-corrected chi connectivity index (χ2v) is 2.47. The van der Waals surface area contributed by atoms with Gasteiger partial charge in [-0.15, -0.1) is 0 Å². The molecule has 2 heterocycles. The number of rotatable bonds is 0. The Bertz CT molecular complexity index is 213. The molecule has 0 saturated heterocycles. The van der Waals surface area contributed by atoms with E-state index in [1.165, 1.54) is 5.57 Å². The van der Waals surface area contributed by atoms with Crippen LogP contribution in [0.4, 0.5) is 0 Å². The molecule has 0 fully saturated rings. The molecule has 10 heavy (non-hydrogen) atoms. The summed E-state index contributed by atoms with van der Waals surface area (Å²) in [5.41, 5.74) is 1.33. The van der Waals surface area contributed by atoms with Gasteiger partial charge in [-0.05, 0) is 11.6 Å². The average Bonchev–Trinajstić information content (AvgIpc) is 2.05. The fourth-order valence-electron chi connectivity index (χ4n) is 1.23. The maximum Gasteiger partial charge on any atom is 0.0887 e. The monoisotopic (exact) mass is 133 g/mol. The van der Waals surface area contributed by atoms with E-state index in [-0.39, 0.29) is 0 Å². The first-order chi connectivity index (χ1) is 4.97. The summed E-state index contributed by atoms with van der Waals surface area (Å²) in [6.45, 7) is 1.73. The SMILES string of the molecule is C1=CC2=CC[N]CC2N=C1. The Morgan fingerprint density at radius 1 is 1.50 bits per heavy atom. The van der Waals surface area contributed by atoms with Crippen LogP contribution in [0.2, 0.25) is 0 Å². The van der Waals surface area contributed by atoms with E-state index in [1.54, 1.807) is 0 Å². The molecule has 0 aromatic carbocycles. The van der Waals surface area contributed by atoms with Crippen LogP contribution in [0.15, 0.2) is 28.8 Å². The van der Waals surface area contributed by atoms with E-state index in [0.29, 0.717) is 6.04 Å². The highest BCUT2D eigenvalue weighted by molar-refractivity contribution is 5.74. The number of aliphatic imine (C=N–C) groups is 1. The summed E-state index contributed by atoms with van der Waals surface area (Å²) in [5, 5.41) is 4.24. The molecule has 2 heteroatoms. The Morgan fingerprint density at radius 2 is 2.50 bits per heavy atom. The zero-order chi connectivity index (χ0) is 6.81. The van der Waals surface area contributed by atoms with Gasteiger partial charge >= 0.3 is 0 Å². The van der Waals surface area contributed by atoms with E-state index in [9.17, 15) is 0 Å². The van der Waals surface area contributed by atoms with Crippen molar-refractivity contribution in [1.82, 2.24) is 5.32 Å². The van der Waals surface area contributed by atoms with Crippen molar-refractivity contribution >= 4 is 6.21 Å². The van der Waals surface area contributed by atoms with Crippen molar-refractivity contribution in [2.75, 3.05) is 13.1 Å². The zero-order valence-electron chi connectivity index (χ0n) is 5.70. The highest BCUT2D eigenvalue weighted by Crippen LogP contribution is 2.13. The molecule has 0 saturated carbocycles. The first-order valence-corrected chi connectivity index (χ1v) is 3.50. The second kappa shape index (κ2) is 2.39. The van der Waals surface area contributed by atoms with Gasteiger partial charge in [0, 0.05) is 19.3 Å². The van der Waals surface area contributed by atoms with Crippen LogP contribution >= 0.6 is 0 Å². The minimum Gasteiger partial charge on any atom is -0.284 e. The summed E-state index contributed by atoms with van der Waals surface area (Å²) < 4.78 is 0. The summed E-state index contributed by atoms with van der Waals surface area (Å²) in [7, 11) is 0. The van der Waals surface area contributed by atoms with E-state index < -0.39 is 0 Å². The number of hydrogen-bond acceptors (Lipinski definition) is 1.